The zero-order chi connectivity index (χ0) is 37.7. The predicted octanol–water partition coefficient (Wildman–Crippen LogP) is 3.60. The number of esters is 1. The van der Waals surface area contributed by atoms with Crippen LogP contribution in [-0.4, -0.2) is 115 Å². The van der Waals surface area contributed by atoms with Gasteiger partial charge in [-0.05, 0) is 58.3 Å². The minimum atomic E-state index is -1.28. The zero-order valence-corrected chi connectivity index (χ0v) is 31.1. The second kappa shape index (κ2) is 21.0. The van der Waals surface area contributed by atoms with Crippen molar-refractivity contribution in [2.45, 2.75) is 116 Å². The van der Waals surface area contributed by atoms with Crippen LogP contribution in [0.15, 0.2) is 54.1 Å². The van der Waals surface area contributed by atoms with E-state index in [1.54, 1.807) is 45.8 Å². The average molecular weight is 718 g/mol. The first kappa shape index (κ1) is 42.6. The maximum absolute atomic E-state index is 13.4. The maximum Gasteiger partial charge on any atom is 0.308 e. The molecule has 2 aliphatic heterocycles. The number of ether oxygens (including phenoxy) is 5. The monoisotopic (exact) mass is 717 g/mol. The summed E-state index contributed by atoms with van der Waals surface area (Å²) in [4.78, 5) is 40.5. The quantitative estimate of drug-likeness (QED) is 0.125. The van der Waals surface area contributed by atoms with Gasteiger partial charge in [-0.25, -0.2) is 0 Å². The van der Waals surface area contributed by atoms with Gasteiger partial charge in [0.15, 0.2) is 12.1 Å². The van der Waals surface area contributed by atoms with Crippen molar-refractivity contribution >= 4 is 18.0 Å². The smallest absolute Gasteiger partial charge is 0.308 e. The Balaban J connectivity index is 1.88. The molecule has 0 amide bonds. The molecule has 3 N–H and O–H groups in total. The summed E-state index contributed by atoms with van der Waals surface area (Å²) in [5.74, 6) is -3.01. The van der Waals surface area contributed by atoms with Crippen molar-refractivity contribution in [2.75, 3.05) is 27.5 Å². The van der Waals surface area contributed by atoms with E-state index < -0.39 is 72.7 Å². The van der Waals surface area contributed by atoms with Gasteiger partial charge >= 0.3 is 5.97 Å². The summed E-state index contributed by atoms with van der Waals surface area (Å²) in [5.41, 5.74) is 1.78. The zero-order valence-electron chi connectivity index (χ0n) is 31.1. The molecule has 51 heavy (non-hydrogen) atoms. The van der Waals surface area contributed by atoms with Gasteiger partial charge in [-0.2, -0.15) is 0 Å². The lowest BCUT2D eigenvalue weighted by atomic mass is 9.79. The Morgan fingerprint density at radius 1 is 1.00 bits per heavy atom. The Hall–Kier alpha value is -2.81. The lowest BCUT2D eigenvalue weighted by Gasteiger charge is -2.46. The standard InChI is InChI=1S/C39H59NO11/c1-8-33-30(22-48-23-47-21-28-12-10-9-11-13-28)18-24(2)14-15-31(42)25(3)19-29(16-17-41)38(26(4)32(43)20-34(44)50-33)51-39-37(46)35(40(6)7)36(45)27(5)49-39/h9-15,17-18,25-27,29-30,32-33,35-39,43,45-46H,8,16,19-23H2,1-7H3/b15-14+,24-18+/t25-,26+,27-,29+,30-,32-,33-,35+,36-,37-,38-,39+/m1/s1. The van der Waals surface area contributed by atoms with Gasteiger partial charge in [0.05, 0.1) is 50.1 Å². The minimum Gasteiger partial charge on any atom is -0.462 e. The first-order valence-corrected chi connectivity index (χ1v) is 18.0. The topological polar surface area (TPSA) is 161 Å². The molecule has 286 valence electrons. The number of benzene rings is 1. The summed E-state index contributed by atoms with van der Waals surface area (Å²) in [7, 11) is 3.45. The van der Waals surface area contributed by atoms with Crippen molar-refractivity contribution in [3.63, 3.8) is 0 Å². The Kier molecular flexibility index (Phi) is 17.6. The summed E-state index contributed by atoms with van der Waals surface area (Å²) in [6, 6.07) is 9.00. The number of hydrogen-bond donors (Lipinski definition) is 3. The van der Waals surface area contributed by atoms with Crippen molar-refractivity contribution in [3.8, 4) is 0 Å². The maximum atomic E-state index is 13.4. The van der Waals surface area contributed by atoms with Crippen LogP contribution in [0.3, 0.4) is 0 Å². The number of rotatable bonds is 12. The first-order chi connectivity index (χ1) is 24.3. The van der Waals surface area contributed by atoms with Gasteiger partial charge in [0, 0.05) is 24.2 Å². The summed E-state index contributed by atoms with van der Waals surface area (Å²) in [6.07, 6.45) is -0.790. The van der Waals surface area contributed by atoms with E-state index in [2.05, 4.69) is 0 Å². The van der Waals surface area contributed by atoms with E-state index in [4.69, 9.17) is 23.7 Å². The number of aldehydes is 1. The number of nitrogens with zero attached hydrogens (tertiary/aromatic N) is 1. The highest BCUT2D eigenvalue weighted by Crippen LogP contribution is 2.34. The van der Waals surface area contributed by atoms with Gasteiger partial charge in [0.1, 0.15) is 25.3 Å². The summed E-state index contributed by atoms with van der Waals surface area (Å²) >= 11 is 0. The average Bonchev–Trinajstić information content (AvgIpc) is 3.09. The third-order valence-electron chi connectivity index (χ3n) is 9.94. The number of hydrogen-bond acceptors (Lipinski definition) is 12. The molecule has 0 saturated carbocycles. The molecule has 0 aliphatic carbocycles. The highest BCUT2D eigenvalue weighted by atomic mass is 16.7. The molecule has 12 heteroatoms. The van der Waals surface area contributed by atoms with Crippen molar-refractivity contribution in [2.24, 2.45) is 23.7 Å². The van der Waals surface area contributed by atoms with Crippen molar-refractivity contribution in [3.05, 3.63) is 59.7 Å². The molecule has 0 aromatic heterocycles. The van der Waals surface area contributed by atoms with Crippen LogP contribution >= 0.6 is 0 Å². The Bertz CT molecular complexity index is 1290. The number of carbonyl (C=O) groups is 3. The molecule has 0 bridgehead atoms. The van der Waals surface area contributed by atoms with Crippen LogP contribution in [0.5, 0.6) is 0 Å². The van der Waals surface area contributed by atoms with Crippen LogP contribution in [0.1, 0.15) is 65.9 Å². The molecule has 0 radical (unpaired) electrons. The highest BCUT2D eigenvalue weighted by molar-refractivity contribution is 5.91. The summed E-state index contributed by atoms with van der Waals surface area (Å²) in [6.45, 7) is 9.47. The lowest BCUT2D eigenvalue weighted by Crippen LogP contribution is -2.63. The van der Waals surface area contributed by atoms with Crippen molar-refractivity contribution in [1.82, 2.24) is 4.90 Å². The van der Waals surface area contributed by atoms with E-state index in [0.717, 1.165) is 17.4 Å². The molecule has 3 rings (SSSR count). The van der Waals surface area contributed by atoms with Crippen LogP contribution in [0, 0.1) is 23.7 Å². The molecule has 12 atom stereocenters. The Morgan fingerprint density at radius 3 is 2.35 bits per heavy atom. The van der Waals surface area contributed by atoms with E-state index >= 15 is 0 Å². The van der Waals surface area contributed by atoms with Gasteiger partial charge in [-0.1, -0.05) is 68.8 Å². The molecule has 2 heterocycles. The Labute approximate surface area is 302 Å². The van der Waals surface area contributed by atoms with E-state index in [0.29, 0.717) is 13.0 Å². The van der Waals surface area contributed by atoms with Crippen LogP contribution in [0.2, 0.25) is 0 Å². The molecule has 1 fully saturated rings. The van der Waals surface area contributed by atoms with Crippen LogP contribution < -0.4 is 0 Å². The van der Waals surface area contributed by atoms with Crippen molar-refractivity contribution in [1.29, 1.82) is 0 Å². The highest BCUT2D eigenvalue weighted by Gasteiger charge is 2.47. The first-order valence-electron chi connectivity index (χ1n) is 18.0. The fourth-order valence-electron chi connectivity index (χ4n) is 6.89. The van der Waals surface area contributed by atoms with E-state index in [1.807, 2.05) is 50.3 Å². The Morgan fingerprint density at radius 2 is 1.71 bits per heavy atom. The van der Waals surface area contributed by atoms with Gasteiger partial charge in [-0.15, -0.1) is 0 Å². The number of allylic oxidation sites excluding steroid dienone is 3. The number of cyclic esters (lactones) is 1. The predicted molar refractivity (Wildman–Crippen MR) is 190 cm³/mol. The van der Waals surface area contributed by atoms with Gasteiger partial charge in [-0.3, -0.25) is 9.59 Å². The van der Waals surface area contributed by atoms with E-state index in [1.165, 1.54) is 6.08 Å². The van der Waals surface area contributed by atoms with Crippen molar-refractivity contribution < 1.29 is 53.4 Å². The van der Waals surface area contributed by atoms with E-state index in [9.17, 15) is 29.7 Å². The fourth-order valence-corrected chi connectivity index (χ4v) is 6.89. The third kappa shape index (κ3) is 12.7. The SMILES string of the molecule is CC[C@H]1OC(=O)C[C@@H](O)[C@H](C)[C@@H](O[C@@H]2O[C@H](C)[C@@H](O)[C@H](N(C)C)[C@H]2O)[C@@H](CC=O)C[C@@H](C)C(=O)/C=C/C(C)=C/[C@@H]1COCOCc1ccccc1. The molecule has 0 spiro atoms. The molecule has 0 unspecified atom stereocenters. The van der Waals surface area contributed by atoms with Crippen LogP contribution in [0.4, 0.5) is 0 Å². The largest absolute Gasteiger partial charge is 0.462 e. The lowest BCUT2D eigenvalue weighted by molar-refractivity contribution is -0.304. The number of likely N-dealkylation sites (N-methyl/N-ethyl adjacent to an activating group) is 1. The third-order valence-corrected chi connectivity index (χ3v) is 9.94. The minimum absolute atomic E-state index is 0.000801. The normalized spacial score (nSPS) is 36.3. The summed E-state index contributed by atoms with van der Waals surface area (Å²) < 4.78 is 29.8. The number of aliphatic hydroxyl groups is 3. The number of aliphatic hydroxyl groups excluding tert-OH is 3. The molecule has 1 aromatic rings. The van der Waals surface area contributed by atoms with E-state index in [-0.39, 0.29) is 44.4 Å². The van der Waals surface area contributed by atoms with Gasteiger partial charge in [0.2, 0.25) is 0 Å². The summed E-state index contributed by atoms with van der Waals surface area (Å²) in [5, 5.41) is 33.5. The van der Waals surface area contributed by atoms with Crippen LogP contribution in [0.25, 0.3) is 0 Å². The van der Waals surface area contributed by atoms with Gasteiger partial charge in [0.25, 0.3) is 0 Å². The molecule has 2 aliphatic rings. The fraction of sp³-hybridized carbons (Fsp3) is 0.667. The van der Waals surface area contributed by atoms with Crippen LogP contribution in [-0.2, 0) is 44.7 Å². The number of ketones is 1. The molecular formula is C39H59NO11. The molecule has 12 nitrogen and oxygen atoms in total. The second-order valence-corrected chi connectivity index (χ2v) is 14.2. The molecular weight excluding hydrogens is 658 g/mol. The second-order valence-electron chi connectivity index (χ2n) is 14.2. The van der Waals surface area contributed by atoms with Gasteiger partial charge < -0.3 is 48.7 Å². The molecule has 1 aromatic carbocycles. The number of carbonyl (C=O) groups excluding carboxylic acids is 3. The molecule has 1 saturated heterocycles.